The van der Waals surface area contributed by atoms with Crippen LogP contribution in [0.1, 0.15) is 16.7 Å². The van der Waals surface area contributed by atoms with E-state index in [-0.39, 0.29) is 14.8 Å². The molecule has 1 aromatic heterocycles. The van der Waals surface area contributed by atoms with Crippen LogP contribution in [0.25, 0.3) is 0 Å². The van der Waals surface area contributed by atoms with Gasteiger partial charge in [0.05, 0.1) is 20.6 Å². The number of benzene rings is 2. The topological polar surface area (TPSA) is 92.3 Å². The van der Waals surface area contributed by atoms with Gasteiger partial charge in [0.15, 0.2) is 0 Å². The summed E-state index contributed by atoms with van der Waals surface area (Å²) in [5.74, 6) is 0. The average Bonchev–Trinajstić information content (AvgIpc) is 3.06. The van der Waals surface area contributed by atoms with Crippen LogP contribution in [-0.4, -0.2) is 16.8 Å². The maximum absolute atomic E-state index is 12.8. The minimum absolute atomic E-state index is 0.0450. The van der Waals surface area contributed by atoms with Crippen LogP contribution in [0.2, 0.25) is 4.34 Å². The number of anilines is 2. The summed E-state index contributed by atoms with van der Waals surface area (Å²) in [7, 11) is -7.79. The lowest BCUT2D eigenvalue weighted by Crippen LogP contribution is -2.16. The molecule has 0 saturated heterocycles. The van der Waals surface area contributed by atoms with Crippen molar-refractivity contribution in [3.05, 3.63) is 69.6 Å². The molecule has 0 aliphatic carbocycles. The summed E-state index contributed by atoms with van der Waals surface area (Å²) in [6.45, 7) is 5.42. The second-order valence-electron chi connectivity index (χ2n) is 6.56. The van der Waals surface area contributed by atoms with Gasteiger partial charge >= 0.3 is 0 Å². The first-order valence-electron chi connectivity index (χ1n) is 8.47. The molecule has 29 heavy (non-hydrogen) atoms. The third-order valence-electron chi connectivity index (χ3n) is 4.20. The van der Waals surface area contributed by atoms with Crippen molar-refractivity contribution in [3.63, 3.8) is 0 Å². The Kier molecular flexibility index (Phi) is 5.96. The first-order valence-corrected chi connectivity index (χ1v) is 12.6. The molecule has 0 bridgehead atoms. The van der Waals surface area contributed by atoms with Crippen molar-refractivity contribution in [1.82, 2.24) is 0 Å². The first kappa shape index (κ1) is 21.6. The fraction of sp³-hybridized carbons (Fsp3) is 0.158. The van der Waals surface area contributed by atoms with Gasteiger partial charge in [0.2, 0.25) is 0 Å². The third-order valence-corrected chi connectivity index (χ3v) is 8.65. The van der Waals surface area contributed by atoms with E-state index in [1.165, 1.54) is 24.3 Å². The van der Waals surface area contributed by atoms with Crippen LogP contribution >= 0.6 is 22.9 Å². The van der Waals surface area contributed by atoms with Crippen molar-refractivity contribution < 1.29 is 16.8 Å². The molecule has 0 aliphatic heterocycles. The van der Waals surface area contributed by atoms with E-state index in [2.05, 4.69) is 9.44 Å². The highest BCUT2D eigenvalue weighted by Crippen LogP contribution is 2.29. The SMILES string of the molecule is Cc1ccc(NS(=O)(=O)c2ccc(C)c(NS(=O)(=O)c3ccc(Cl)s3)c2)c(C)c1. The molecule has 154 valence electrons. The van der Waals surface area contributed by atoms with E-state index < -0.39 is 20.0 Å². The van der Waals surface area contributed by atoms with Crippen LogP contribution in [0.15, 0.2) is 57.6 Å². The molecule has 2 N–H and O–H groups in total. The molecular formula is C19H19ClN2O4S3. The summed E-state index contributed by atoms with van der Waals surface area (Å²) in [4.78, 5) is -0.0509. The first-order chi connectivity index (χ1) is 13.5. The molecule has 0 radical (unpaired) electrons. The molecule has 0 saturated carbocycles. The number of halogens is 1. The van der Waals surface area contributed by atoms with Gasteiger partial charge in [-0.2, -0.15) is 0 Å². The van der Waals surface area contributed by atoms with Crippen LogP contribution < -0.4 is 9.44 Å². The number of hydrogen-bond acceptors (Lipinski definition) is 5. The minimum atomic E-state index is -3.91. The second kappa shape index (κ2) is 7.98. The molecule has 2 aromatic carbocycles. The molecule has 0 atom stereocenters. The van der Waals surface area contributed by atoms with E-state index in [1.807, 2.05) is 26.0 Å². The molecule has 3 aromatic rings. The highest BCUT2D eigenvalue weighted by Gasteiger charge is 2.21. The van der Waals surface area contributed by atoms with E-state index >= 15 is 0 Å². The molecule has 1 heterocycles. The number of hydrogen-bond donors (Lipinski definition) is 2. The number of rotatable bonds is 6. The van der Waals surface area contributed by atoms with Gasteiger partial charge in [-0.05, 0) is 62.2 Å². The minimum Gasteiger partial charge on any atom is -0.279 e. The summed E-state index contributed by atoms with van der Waals surface area (Å²) in [6, 6.07) is 12.5. The van der Waals surface area contributed by atoms with E-state index in [0.29, 0.717) is 15.6 Å². The maximum atomic E-state index is 12.8. The van der Waals surface area contributed by atoms with Crippen LogP contribution in [0.3, 0.4) is 0 Å². The molecule has 0 spiro atoms. The smallest absolute Gasteiger partial charge is 0.271 e. The molecule has 0 fully saturated rings. The van der Waals surface area contributed by atoms with Gasteiger partial charge in [0, 0.05) is 0 Å². The second-order valence-corrected chi connectivity index (χ2v) is 11.9. The van der Waals surface area contributed by atoms with Crippen LogP contribution in [0.5, 0.6) is 0 Å². The summed E-state index contributed by atoms with van der Waals surface area (Å²) in [5, 5.41) is 0. The Balaban J connectivity index is 1.93. The fourth-order valence-corrected chi connectivity index (χ4v) is 6.41. The normalized spacial score (nSPS) is 12.0. The Morgan fingerprint density at radius 2 is 1.45 bits per heavy atom. The van der Waals surface area contributed by atoms with Gasteiger partial charge in [-0.3, -0.25) is 9.44 Å². The molecular weight excluding hydrogens is 452 g/mol. The summed E-state index contributed by atoms with van der Waals surface area (Å²) in [5.41, 5.74) is 3.04. The van der Waals surface area contributed by atoms with Crippen molar-refractivity contribution in [1.29, 1.82) is 0 Å². The predicted molar refractivity (Wildman–Crippen MR) is 118 cm³/mol. The zero-order valence-electron chi connectivity index (χ0n) is 15.9. The molecule has 6 nitrogen and oxygen atoms in total. The Morgan fingerprint density at radius 1 is 0.759 bits per heavy atom. The van der Waals surface area contributed by atoms with Crippen LogP contribution in [0.4, 0.5) is 11.4 Å². The molecule has 3 rings (SSSR count). The summed E-state index contributed by atoms with van der Waals surface area (Å²) < 4.78 is 56.2. The number of aryl methyl sites for hydroxylation is 3. The lowest BCUT2D eigenvalue weighted by Gasteiger charge is -2.14. The third kappa shape index (κ3) is 4.92. The van der Waals surface area contributed by atoms with Gasteiger partial charge in [0.1, 0.15) is 4.21 Å². The average molecular weight is 471 g/mol. The maximum Gasteiger partial charge on any atom is 0.271 e. The Morgan fingerprint density at radius 3 is 2.07 bits per heavy atom. The number of thiophene rings is 1. The highest BCUT2D eigenvalue weighted by molar-refractivity contribution is 7.94. The molecule has 10 heteroatoms. The van der Waals surface area contributed by atoms with E-state index in [1.54, 1.807) is 19.1 Å². The fourth-order valence-electron chi connectivity index (χ4n) is 2.65. The predicted octanol–water partition coefficient (Wildman–Crippen LogP) is 4.93. The van der Waals surface area contributed by atoms with E-state index in [9.17, 15) is 16.8 Å². The van der Waals surface area contributed by atoms with Crippen molar-refractivity contribution in [3.8, 4) is 0 Å². The van der Waals surface area contributed by atoms with Crippen molar-refractivity contribution >= 4 is 54.4 Å². The molecule has 0 amide bonds. The van der Waals surface area contributed by atoms with Crippen LogP contribution in [-0.2, 0) is 20.0 Å². The zero-order valence-corrected chi connectivity index (χ0v) is 19.1. The standard InChI is InChI=1S/C19H19ClN2O4S3/c1-12-4-7-16(14(3)10-12)21-28(23,24)15-6-5-13(2)17(11-15)22-29(25,26)19-9-8-18(20)27-19/h4-11,21-22H,1-3H3. The van der Waals surface area contributed by atoms with Gasteiger partial charge in [-0.25, -0.2) is 16.8 Å². The highest BCUT2D eigenvalue weighted by atomic mass is 35.5. The lowest BCUT2D eigenvalue weighted by atomic mass is 10.1. The zero-order chi connectivity index (χ0) is 21.4. The van der Waals surface area contributed by atoms with Gasteiger partial charge in [-0.15, -0.1) is 11.3 Å². The summed E-state index contributed by atoms with van der Waals surface area (Å²) >= 11 is 6.74. The van der Waals surface area contributed by atoms with Gasteiger partial charge in [-0.1, -0.05) is 35.4 Å². The Hall–Kier alpha value is -2.07. The van der Waals surface area contributed by atoms with E-state index in [0.717, 1.165) is 22.5 Å². The summed E-state index contributed by atoms with van der Waals surface area (Å²) in [6.07, 6.45) is 0. The quantitative estimate of drug-likeness (QED) is 0.534. The lowest BCUT2D eigenvalue weighted by molar-refractivity contribution is 0.599. The monoisotopic (exact) mass is 470 g/mol. The van der Waals surface area contributed by atoms with Gasteiger partial charge < -0.3 is 0 Å². The number of sulfonamides is 2. The largest absolute Gasteiger partial charge is 0.279 e. The van der Waals surface area contributed by atoms with Crippen LogP contribution in [0, 0.1) is 20.8 Å². The van der Waals surface area contributed by atoms with Crippen molar-refractivity contribution in [2.45, 2.75) is 29.9 Å². The van der Waals surface area contributed by atoms with Crippen molar-refractivity contribution in [2.75, 3.05) is 9.44 Å². The Labute approximate surface area is 179 Å². The molecule has 0 aliphatic rings. The van der Waals surface area contributed by atoms with Gasteiger partial charge in [0.25, 0.3) is 20.0 Å². The molecule has 0 unspecified atom stereocenters. The number of nitrogens with one attached hydrogen (secondary N) is 2. The van der Waals surface area contributed by atoms with Crippen molar-refractivity contribution in [2.24, 2.45) is 0 Å². The van der Waals surface area contributed by atoms with E-state index in [4.69, 9.17) is 11.6 Å². The Bertz CT molecular complexity index is 1280.